The lowest BCUT2D eigenvalue weighted by Gasteiger charge is -2.19. The number of carbonyl (C=O) groups is 1. The Morgan fingerprint density at radius 2 is 2.12 bits per heavy atom. The first-order chi connectivity index (χ1) is 16.2. The standard InChI is InChI=1S/C23H18N6O3S/c1-28-22-15(11-26-28)23(25-13-24-22)33-12-21(30)29-17(19-7-4-8-31-19)10-16(27-29)20-9-14-5-2-3-6-18(14)32-20/h2-9,11,13,17H,10,12H2,1H3/t17-/m0/s1. The third kappa shape index (κ3) is 3.48. The van der Waals surface area contributed by atoms with E-state index >= 15 is 0 Å². The summed E-state index contributed by atoms with van der Waals surface area (Å²) in [6.07, 6.45) is 5.30. The minimum atomic E-state index is -0.333. The molecule has 0 unspecified atom stereocenters. The molecule has 1 aliphatic rings. The molecule has 5 aromatic rings. The molecule has 5 heterocycles. The van der Waals surface area contributed by atoms with Gasteiger partial charge in [-0.2, -0.15) is 10.2 Å². The van der Waals surface area contributed by atoms with Crippen LogP contribution in [0.3, 0.4) is 0 Å². The average molecular weight is 459 g/mol. The highest BCUT2D eigenvalue weighted by molar-refractivity contribution is 8.00. The van der Waals surface area contributed by atoms with Gasteiger partial charge in [-0.1, -0.05) is 30.0 Å². The van der Waals surface area contributed by atoms with Gasteiger partial charge in [0.1, 0.15) is 34.5 Å². The summed E-state index contributed by atoms with van der Waals surface area (Å²) < 4.78 is 13.3. The van der Waals surface area contributed by atoms with Crippen LogP contribution in [0.25, 0.3) is 22.0 Å². The molecule has 0 bridgehead atoms. The van der Waals surface area contributed by atoms with Crippen LogP contribution in [0.4, 0.5) is 0 Å². The highest BCUT2D eigenvalue weighted by atomic mass is 32.2. The van der Waals surface area contributed by atoms with E-state index in [-0.39, 0.29) is 17.7 Å². The van der Waals surface area contributed by atoms with Gasteiger partial charge in [0.05, 0.1) is 23.6 Å². The van der Waals surface area contributed by atoms with Crippen molar-refractivity contribution in [3.05, 3.63) is 72.8 Å². The monoisotopic (exact) mass is 458 g/mol. The number of hydrazone groups is 1. The summed E-state index contributed by atoms with van der Waals surface area (Å²) in [5.41, 5.74) is 2.22. The van der Waals surface area contributed by atoms with E-state index in [4.69, 9.17) is 8.83 Å². The number of fused-ring (bicyclic) bond motifs is 2. The largest absolute Gasteiger partial charge is 0.467 e. The highest BCUT2D eigenvalue weighted by Crippen LogP contribution is 2.35. The SMILES string of the molecule is Cn1ncc2c(SCC(=O)N3N=C(c4cc5ccccc5o4)C[C@H]3c3ccco3)ncnc21. The van der Waals surface area contributed by atoms with Crippen molar-refractivity contribution >= 4 is 45.4 Å². The van der Waals surface area contributed by atoms with Gasteiger partial charge in [-0.25, -0.2) is 15.0 Å². The van der Waals surface area contributed by atoms with Crippen LogP contribution < -0.4 is 0 Å². The average Bonchev–Trinajstić information content (AvgIpc) is 3.62. The van der Waals surface area contributed by atoms with E-state index in [1.807, 2.05) is 49.5 Å². The molecule has 0 fully saturated rings. The van der Waals surface area contributed by atoms with Crippen molar-refractivity contribution in [1.29, 1.82) is 0 Å². The lowest BCUT2D eigenvalue weighted by atomic mass is 10.1. The second-order valence-electron chi connectivity index (χ2n) is 7.64. The topological polar surface area (TPSA) is 103 Å². The molecule has 0 radical (unpaired) electrons. The first-order valence-electron chi connectivity index (χ1n) is 10.3. The molecule has 164 valence electrons. The molecule has 10 heteroatoms. The summed E-state index contributed by atoms with van der Waals surface area (Å²) in [5, 5.41) is 12.9. The van der Waals surface area contributed by atoms with Crippen molar-refractivity contribution < 1.29 is 13.6 Å². The van der Waals surface area contributed by atoms with Crippen LogP contribution in [0.2, 0.25) is 0 Å². The van der Waals surface area contributed by atoms with Crippen LogP contribution in [-0.4, -0.2) is 42.1 Å². The number of benzene rings is 1. The molecule has 4 aromatic heterocycles. The van der Waals surface area contributed by atoms with E-state index in [0.717, 1.165) is 22.0 Å². The molecule has 33 heavy (non-hydrogen) atoms. The number of carbonyl (C=O) groups excluding carboxylic acids is 1. The Labute approximate surface area is 192 Å². The fourth-order valence-electron chi connectivity index (χ4n) is 3.97. The number of hydrogen-bond acceptors (Lipinski definition) is 8. The van der Waals surface area contributed by atoms with Gasteiger partial charge < -0.3 is 8.83 Å². The van der Waals surface area contributed by atoms with Gasteiger partial charge in [0, 0.05) is 18.9 Å². The number of para-hydroxylation sites is 1. The van der Waals surface area contributed by atoms with Gasteiger partial charge in [0.2, 0.25) is 0 Å². The number of aromatic nitrogens is 4. The first-order valence-corrected chi connectivity index (χ1v) is 11.3. The van der Waals surface area contributed by atoms with E-state index in [0.29, 0.717) is 28.7 Å². The molecule has 0 saturated heterocycles. The van der Waals surface area contributed by atoms with Gasteiger partial charge in [-0.15, -0.1) is 0 Å². The normalized spacial score (nSPS) is 16.1. The number of amides is 1. The van der Waals surface area contributed by atoms with Crippen molar-refractivity contribution in [2.75, 3.05) is 5.75 Å². The van der Waals surface area contributed by atoms with Crippen LogP contribution >= 0.6 is 11.8 Å². The number of nitrogens with zero attached hydrogens (tertiary/aromatic N) is 6. The Balaban J connectivity index is 1.28. The second kappa shape index (κ2) is 7.89. The van der Waals surface area contributed by atoms with Crippen molar-refractivity contribution in [1.82, 2.24) is 24.8 Å². The van der Waals surface area contributed by atoms with E-state index in [1.165, 1.54) is 23.1 Å². The van der Waals surface area contributed by atoms with Crippen LogP contribution in [0.5, 0.6) is 0 Å². The Bertz CT molecular complexity index is 1470. The quantitative estimate of drug-likeness (QED) is 0.288. The maximum atomic E-state index is 13.3. The number of furan rings is 2. The number of hydrogen-bond donors (Lipinski definition) is 0. The van der Waals surface area contributed by atoms with E-state index in [9.17, 15) is 4.79 Å². The molecule has 0 spiro atoms. The first kappa shape index (κ1) is 19.7. The number of rotatable bonds is 5. The highest BCUT2D eigenvalue weighted by Gasteiger charge is 2.36. The van der Waals surface area contributed by atoms with Crippen molar-refractivity contribution in [3.63, 3.8) is 0 Å². The lowest BCUT2D eigenvalue weighted by molar-refractivity contribution is -0.130. The molecular formula is C23H18N6O3S. The fraction of sp³-hybridized carbons (Fsp3) is 0.174. The predicted octanol–water partition coefficient (Wildman–Crippen LogP) is 4.17. The van der Waals surface area contributed by atoms with Crippen molar-refractivity contribution in [2.45, 2.75) is 17.5 Å². The maximum absolute atomic E-state index is 13.3. The minimum absolute atomic E-state index is 0.150. The van der Waals surface area contributed by atoms with E-state index < -0.39 is 0 Å². The summed E-state index contributed by atoms with van der Waals surface area (Å²) >= 11 is 1.34. The molecule has 1 amide bonds. The molecule has 9 nitrogen and oxygen atoms in total. The van der Waals surface area contributed by atoms with Gasteiger partial charge >= 0.3 is 0 Å². The van der Waals surface area contributed by atoms with Crippen molar-refractivity contribution in [3.8, 4) is 0 Å². The lowest BCUT2D eigenvalue weighted by Crippen LogP contribution is -2.28. The molecule has 0 saturated carbocycles. The molecule has 1 aromatic carbocycles. The Hall–Kier alpha value is -3.92. The molecule has 0 N–H and O–H groups in total. The zero-order chi connectivity index (χ0) is 22.4. The molecular weight excluding hydrogens is 440 g/mol. The molecule has 0 aliphatic carbocycles. The second-order valence-corrected chi connectivity index (χ2v) is 8.61. The zero-order valence-electron chi connectivity index (χ0n) is 17.6. The Kier molecular flexibility index (Phi) is 4.72. The third-order valence-electron chi connectivity index (χ3n) is 5.57. The van der Waals surface area contributed by atoms with Crippen LogP contribution in [0, 0.1) is 0 Å². The van der Waals surface area contributed by atoms with Crippen molar-refractivity contribution in [2.24, 2.45) is 12.1 Å². The summed E-state index contributed by atoms with van der Waals surface area (Å²) in [5.74, 6) is 1.35. The molecule has 6 rings (SSSR count). The summed E-state index contributed by atoms with van der Waals surface area (Å²) in [4.78, 5) is 21.9. The van der Waals surface area contributed by atoms with Gasteiger partial charge in [-0.3, -0.25) is 9.48 Å². The summed E-state index contributed by atoms with van der Waals surface area (Å²) in [6.45, 7) is 0. The molecule has 1 atom stereocenters. The predicted molar refractivity (Wildman–Crippen MR) is 123 cm³/mol. The van der Waals surface area contributed by atoms with Gasteiger partial charge in [0.25, 0.3) is 5.91 Å². The zero-order valence-corrected chi connectivity index (χ0v) is 18.4. The summed E-state index contributed by atoms with van der Waals surface area (Å²) in [6, 6.07) is 13.1. The smallest absolute Gasteiger partial charge is 0.253 e. The Morgan fingerprint density at radius 1 is 1.21 bits per heavy atom. The Morgan fingerprint density at radius 3 is 2.97 bits per heavy atom. The number of aryl methyl sites for hydroxylation is 1. The van der Waals surface area contributed by atoms with Gasteiger partial charge in [-0.05, 0) is 24.3 Å². The third-order valence-corrected chi connectivity index (χ3v) is 6.56. The summed E-state index contributed by atoms with van der Waals surface area (Å²) in [7, 11) is 1.82. The van der Waals surface area contributed by atoms with Crippen LogP contribution in [-0.2, 0) is 11.8 Å². The fourth-order valence-corrected chi connectivity index (χ4v) is 4.78. The van der Waals surface area contributed by atoms with Crippen LogP contribution in [0.15, 0.2) is 80.2 Å². The van der Waals surface area contributed by atoms with Crippen LogP contribution in [0.1, 0.15) is 24.0 Å². The molecule has 1 aliphatic heterocycles. The number of thioether (sulfide) groups is 1. The maximum Gasteiger partial charge on any atom is 0.253 e. The van der Waals surface area contributed by atoms with E-state index in [2.05, 4.69) is 20.2 Å². The minimum Gasteiger partial charge on any atom is -0.467 e. The van der Waals surface area contributed by atoms with E-state index in [1.54, 1.807) is 17.1 Å². The van der Waals surface area contributed by atoms with Gasteiger partial charge in [0.15, 0.2) is 11.4 Å².